The van der Waals surface area contributed by atoms with Crippen LogP contribution in [-0.4, -0.2) is 33.1 Å². The smallest absolute Gasteiger partial charge is 0.326 e. The molecule has 0 saturated carbocycles. The minimum Gasteiger partial charge on any atom is -0.480 e. The van der Waals surface area contributed by atoms with Gasteiger partial charge in [0, 0.05) is 12.4 Å². The molecular weight excluding hydrogens is 224 g/mol. The van der Waals surface area contributed by atoms with Gasteiger partial charge in [-0.05, 0) is 12.0 Å². The summed E-state index contributed by atoms with van der Waals surface area (Å²) in [6.45, 7) is 3.41. The molecule has 1 atom stereocenters. The number of hydrogen-bond donors (Lipinski definition) is 3. The van der Waals surface area contributed by atoms with Crippen LogP contribution < -0.4 is 10.6 Å². The lowest BCUT2D eigenvalue weighted by molar-refractivity contribution is -0.140. The fourth-order valence-electron chi connectivity index (χ4n) is 1.16. The van der Waals surface area contributed by atoms with Crippen LogP contribution in [0.25, 0.3) is 0 Å². The standard InChI is InChI=1S/C10H14N4O3/c1-6(2)7(8(15)16)13-10(17)14-9-11-4-3-5-12-9/h3-7H,1-2H3,(H,15,16)(H2,11,12,13,14,17)/t7-/m0/s1. The molecule has 1 aromatic rings. The number of rotatable bonds is 4. The molecule has 7 nitrogen and oxygen atoms in total. The molecule has 0 aliphatic carbocycles. The Hall–Kier alpha value is -2.18. The molecule has 2 amide bonds. The molecule has 1 aromatic heterocycles. The Bertz CT molecular complexity index is 394. The van der Waals surface area contributed by atoms with Gasteiger partial charge in [0.05, 0.1) is 0 Å². The highest BCUT2D eigenvalue weighted by molar-refractivity contribution is 5.90. The van der Waals surface area contributed by atoms with Crippen molar-refractivity contribution in [2.75, 3.05) is 5.32 Å². The summed E-state index contributed by atoms with van der Waals surface area (Å²) in [4.78, 5) is 29.9. The molecule has 1 rings (SSSR count). The first-order valence-corrected chi connectivity index (χ1v) is 5.08. The van der Waals surface area contributed by atoms with Crippen LogP contribution in [0, 0.1) is 5.92 Å². The number of nitrogens with zero attached hydrogens (tertiary/aromatic N) is 2. The minimum atomic E-state index is -1.08. The van der Waals surface area contributed by atoms with Crippen molar-refractivity contribution >= 4 is 17.9 Å². The van der Waals surface area contributed by atoms with Gasteiger partial charge in [0.15, 0.2) is 0 Å². The zero-order valence-electron chi connectivity index (χ0n) is 9.54. The highest BCUT2D eigenvalue weighted by atomic mass is 16.4. The summed E-state index contributed by atoms with van der Waals surface area (Å²) >= 11 is 0. The van der Waals surface area contributed by atoms with Gasteiger partial charge < -0.3 is 10.4 Å². The van der Waals surface area contributed by atoms with E-state index in [0.29, 0.717) is 0 Å². The number of carbonyl (C=O) groups excluding carboxylic acids is 1. The first-order chi connectivity index (χ1) is 8.00. The molecule has 17 heavy (non-hydrogen) atoms. The molecule has 0 fully saturated rings. The fraction of sp³-hybridized carbons (Fsp3) is 0.400. The third kappa shape index (κ3) is 4.06. The van der Waals surface area contributed by atoms with Crippen molar-refractivity contribution in [2.45, 2.75) is 19.9 Å². The number of carboxylic acids is 1. The van der Waals surface area contributed by atoms with Gasteiger partial charge in [0.25, 0.3) is 0 Å². The largest absolute Gasteiger partial charge is 0.480 e. The lowest BCUT2D eigenvalue weighted by atomic mass is 10.1. The lowest BCUT2D eigenvalue weighted by Crippen LogP contribution is -2.46. The quantitative estimate of drug-likeness (QED) is 0.716. The first-order valence-electron chi connectivity index (χ1n) is 5.08. The van der Waals surface area contributed by atoms with Crippen LogP contribution >= 0.6 is 0 Å². The predicted molar refractivity (Wildman–Crippen MR) is 60.4 cm³/mol. The van der Waals surface area contributed by atoms with Crippen molar-refractivity contribution in [3.8, 4) is 0 Å². The Balaban J connectivity index is 2.57. The van der Waals surface area contributed by atoms with E-state index in [1.165, 1.54) is 12.4 Å². The topological polar surface area (TPSA) is 104 Å². The Kier molecular flexibility index (Phi) is 4.38. The average molecular weight is 238 g/mol. The highest BCUT2D eigenvalue weighted by Gasteiger charge is 2.23. The molecule has 0 radical (unpaired) electrons. The van der Waals surface area contributed by atoms with Crippen molar-refractivity contribution in [1.29, 1.82) is 0 Å². The molecule has 0 saturated heterocycles. The number of aliphatic carboxylic acids is 1. The summed E-state index contributed by atoms with van der Waals surface area (Å²) in [5.74, 6) is -1.17. The summed E-state index contributed by atoms with van der Waals surface area (Å²) in [6, 6.07) is 0.0214. The maximum atomic E-state index is 11.5. The van der Waals surface area contributed by atoms with E-state index in [-0.39, 0.29) is 11.9 Å². The molecule has 92 valence electrons. The lowest BCUT2D eigenvalue weighted by Gasteiger charge is -2.17. The maximum absolute atomic E-state index is 11.5. The molecule has 1 heterocycles. The van der Waals surface area contributed by atoms with Crippen LogP contribution in [0.4, 0.5) is 10.7 Å². The first kappa shape index (κ1) is 12.9. The second-order valence-corrected chi connectivity index (χ2v) is 3.73. The van der Waals surface area contributed by atoms with E-state index < -0.39 is 18.0 Å². The zero-order chi connectivity index (χ0) is 12.8. The van der Waals surface area contributed by atoms with Gasteiger partial charge in [-0.1, -0.05) is 13.8 Å². The average Bonchev–Trinajstić information content (AvgIpc) is 2.26. The molecular formula is C10H14N4O3. The molecule has 0 aliphatic heterocycles. The van der Waals surface area contributed by atoms with E-state index in [2.05, 4.69) is 20.6 Å². The van der Waals surface area contributed by atoms with Crippen LogP contribution in [0.3, 0.4) is 0 Å². The molecule has 0 aromatic carbocycles. The normalized spacial score (nSPS) is 11.9. The second kappa shape index (κ2) is 5.78. The number of amides is 2. The number of carboxylic acid groups (broad SMARTS) is 1. The predicted octanol–water partition coefficient (Wildman–Crippen LogP) is 0.707. The van der Waals surface area contributed by atoms with Gasteiger partial charge in [-0.2, -0.15) is 0 Å². The third-order valence-corrected chi connectivity index (χ3v) is 2.01. The Labute approximate surface area is 98.3 Å². The third-order valence-electron chi connectivity index (χ3n) is 2.01. The van der Waals surface area contributed by atoms with E-state index >= 15 is 0 Å². The van der Waals surface area contributed by atoms with Crippen LogP contribution in [0.2, 0.25) is 0 Å². The summed E-state index contributed by atoms with van der Waals surface area (Å²) in [5, 5.41) is 13.6. The van der Waals surface area contributed by atoms with Gasteiger partial charge in [0.2, 0.25) is 5.95 Å². The monoisotopic (exact) mass is 238 g/mol. The maximum Gasteiger partial charge on any atom is 0.326 e. The number of hydrogen-bond acceptors (Lipinski definition) is 4. The van der Waals surface area contributed by atoms with Crippen molar-refractivity contribution in [1.82, 2.24) is 15.3 Å². The van der Waals surface area contributed by atoms with Crippen molar-refractivity contribution in [2.24, 2.45) is 5.92 Å². The minimum absolute atomic E-state index is 0.123. The fourth-order valence-corrected chi connectivity index (χ4v) is 1.16. The van der Waals surface area contributed by atoms with Crippen LogP contribution in [0.5, 0.6) is 0 Å². The Morgan fingerprint density at radius 2 is 1.88 bits per heavy atom. The number of carbonyl (C=O) groups is 2. The molecule has 0 unspecified atom stereocenters. The number of anilines is 1. The van der Waals surface area contributed by atoms with Crippen molar-refractivity contribution < 1.29 is 14.7 Å². The van der Waals surface area contributed by atoms with Crippen molar-refractivity contribution in [3.05, 3.63) is 18.5 Å². The van der Waals surface area contributed by atoms with E-state index in [9.17, 15) is 9.59 Å². The van der Waals surface area contributed by atoms with Gasteiger partial charge in [-0.3, -0.25) is 5.32 Å². The SMILES string of the molecule is CC(C)[C@H](NC(=O)Nc1ncccn1)C(=O)O. The molecule has 0 bridgehead atoms. The molecule has 7 heteroatoms. The summed E-state index contributed by atoms with van der Waals surface area (Å²) < 4.78 is 0. The van der Waals surface area contributed by atoms with Crippen LogP contribution in [0.1, 0.15) is 13.8 Å². The number of urea groups is 1. The second-order valence-electron chi connectivity index (χ2n) is 3.73. The van der Waals surface area contributed by atoms with E-state index in [0.717, 1.165) is 0 Å². The van der Waals surface area contributed by atoms with E-state index in [1.807, 2.05) is 0 Å². The zero-order valence-corrected chi connectivity index (χ0v) is 9.54. The number of nitrogens with one attached hydrogen (secondary N) is 2. The van der Waals surface area contributed by atoms with E-state index in [1.54, 1.807) is 19.9 Å². The summed E-state index contributed by atoms with van der Waals surface area (Å²) in [7, 11) is 0. The van der Waals surface area contributed by atoms with E-state index in [4.69, 9.17) is 5.11 Å². The summed E-state index contributed by atoms with van der Waals surface area (Å²) in [5.41, 5.74) is 0. The molecule has 3 N–H and O–H groups in total. The van der Waals surface area contributed by atoms with Gasteiger partial charge in [0.1, 0.15) is 6.04 Å². The summed E-state index contributed by atoms with van der Waals surface area (Å²) in [6.07, 6.45) is 2.94. The molecule has 0 spiro atoms. The van der Waals surface area contributed by atoms with Gasteiger partial charge >= 0.3 is 12.0 Å². The van der Waals surface area contributed by atoms with Crippen molar-refractivity contribution in [3.63, 3.8) is 0 Å². The molecule has 0 aliphatic rings. The number of aromatic nitrogens is 2. The van der Waals surface area contributed by atoms with Gasteiger partial charge in [-0.15, -0.1) is 0 Å². The van der Waals surface area contributed by atoms with Gasteiger partial charge in [-0.25, -0.2) is 19.6 Å². The van der Waals surface area contributed by atoms with Crippen LogP contribution in [0.15, 0.2) is 18.5 Å². The Morgan fingerprint density at radius 3 is 2.35 bits per heavy atom. The van der Waals surface area contributed by atoms with Crippen LogP contribution in [-0.2, 0) is 4.79 Å². The Morgan fingerprint density at radius 1 is 1.29 bits per heavy atom. The highest BCUT2D eigenvalue weighted by Crippen LogP contribution is 2.02.